The second-order valence-corrected chi connectivity index (χ2v) is 5.21. The van der Waals surface area contributed by atoms with Crippen LogP contribution in [0.2, 0.25) is 5.02 Å². The number of halogens is 2. The number of carbonyl (C=O) groups is 2. The molecule has 1 unspecified atom stereocenters. The number of carbonyl (C=O) groups excluding carboxylic acids is 1. The molecule has 7 heteroatoms. The lowest BCUT2D eigenvalue weighted by Gasteiger charge is -2.31. The lowest BCUT2D eigenvalue weighted by Crippen LogP contribution is -2.42. The quantitative estimate of drug-likeness (QED) is 0.818. The first kappa shape index (κ1) is 14.6. The van der Waals surface area contributed by atoms with Gasteiger partial charge in [0, 0.05) is 18.1 Å². The van der Waals surface area contributed by atoms with Crippen LogP contribution in [0.25, 0.3) is 0 Å². The molecule has 1 aromatic rings. The van der Waals surface area contributed by atoms with Crippen molar-refractivity contribution < 1.29 is 19.1 Å². The van der Waals surface area contributed by atoms with E-state index in [2.05, 4.69) is 0 Å². The first-order chi connectivity index (χ1) is 9.40. The van der Waals surface area contributed by atoms with Crippen molar-refractivity contribution in [1.82, 2.24) is 4.90 Å². The number of benzene rings is 1. The van der Waals surface area contributed by atoms with Gasteiger partial charge in [0.15, 0.2) is 0 Å². The van der Waals surface area contributed by atoms with Crippen LogP contribution in [-0.2, 0) is 4.79 Å². The maximum absolute atomic E-state index is 13.5. The molecule has 0 aliphatic carbocycles. The molecule has 108 valence electrons. The van der Waals surface area contributed by atoms with Crippen LogP contribution in [0.3, 0.4) is 0 Å². The van der Waals surface area contributed by atoms with E-state index in [1.807, 2.05) is 0 Å². The number of nitrogens with two attached hydrogens (primary N) is 1. The van der Waals surface area contributed by atoms with Gasteiger partial charge in [-0.1, -0.05) is 11.6 Å². The van der Waals surface area contributed by atoms with Gasteiger partial charge in [0.05, 0.1) is 17.2 Å². The van der Waals surface area contributed by atoms with Crippen LogP contribution in [0.15, 0.2) is 12.1 Å². The standard InChI is InChI=1S/C13H14ClFN2O3/c14-8-4-9(11(16)10(15)5-8)12(18)17-3-1-2-7(6-17)13(19)20/h4-5,7H,1-3,6,16H2,(H,19,20). The van der Waals surface area contributed by atoms with Gasteiger partial charge in [0.25, 0.3) is 5.91 Å². The van der Waals surface area contributed by atoms with Crippen LogP contribution < -0.4 is 5.73 Å². The molecular formula is C13H14ClFN2O3. The predicted molar refractivity (Wildman–Crippen MR) is 72.1 cm³/mol. The van der Waals surface area contributed by atoms with Crippen LogP contribution in [0.1, 0.15) is 23.2 Å². The largest absolute Gasteiger partial charge is 0.481 e. The predicted octanol–water partition coefficient (Wildman–Crippen LogP) is 2.00. The highest BCUT2D eigenvalue weighted by atomic mass is 35.5. The average molecular weight is 301 g/mol. The molecule has 1 aliphatic heterocycles. The van der Waals surface area contributed by atoms with Crippen molar-refractivity contribution in [2.45, 2.75) is 12.8 Å². The van der Waals surface area contributed by atoms with Gasteiger partial charge in [-0.05, 0) is 25.0 Å². The van der Waals surface area contributed by atoms with Crippen molar-refractivity contribution in [2.75, 3.05) is 18.8 Å². The maximum Gasteiger partial charge on any atom is 0.308 e. The van der Waals surface area contributed by atoms with Crippen LogP contribution in [0.4, 0.5) is 10.1 Å². The van der Waals surface area contributed by atoms with E-state index in [0.717, 1.165) is 6.07 Å². The topological polar surface area (TPSA) is 83.6 Å². The molecule has 2 rings (SSSR count). The van der Waals surface area contributed by atoms with Gasteiger partial charge in [-0.3, -0.25) is 9.59 Å². The Labute approximate surface area is 120 Å². The van der Waals surface area contributed by atoms with E-state index >= 15 is 0 Å². The second-order valence-electron chi connectivity index (χ2n) is 4.78. The van der Waals surface area contributed by atoms with Gasteiger partial charge < -0.3 is 15.7 Å². The summed E-state index contributed by atoms with van der Waals surface area (Å²) in [5.41, 5.74) is 5.26. The van der Waals surface area contributed by atoms with E-state index in [0.29, 0.717) is 19.4 Å². The molecular weight excluding hydrogens is 287 g/mol. The summed E-state index contributed by atoms with van der Waals surface area (Å²) in [6.45, 7) is 0.526. The van der Waals surface area contributed by atoms with Crippen molar-refractivity contribution in [2.24, 2.45) is 5.92 Å². The number of piperidine rings is 1. The smallest absolute Gasteiger partial charge is 0.308 e. The van der Waals surface area contributed by atoms with E-state index in [1.165, 1.54) is 11.0 Å². The summed E-state index contributed by atoms with van der Waals surface area (Å²) in [4.78, 5) is 24.7. The number of anilines is 1. The Morgan fingerprint density at radius 2 is 2.15 bits per heavy atom. The van der Waals surface area contributed by atoms with Crippen LogP contribution in [-0.4, -0.2) is 35.0 Å². The summed E-state index contributed by atoms with van der Waals surface area (Å²) in [5.74, 6) is -2.78. The Kier molecular flexibility index (Phi) is 4.13. The Hall–Kier alpha value is -1.82. The molecule has 0 radical (unpaired) electrons. The highest BCUT2D eigenvalue weighted by Gasteiger charge is 2.29. The molecule has 1 aliphatic rings. The number of nitrogen functional groups attached to an aromatic ring is 1. The number of carboxylic acids is 1. The molecule has 0 bridgehead atoms. The second kappa shape index (κ2) is 5.66. The van der Waals surface area contributed by atoms with Crippen LogP contribution in [0, 0.1) is 11.7 Å². The summed E-state index contributed by atoms with van der Waals surface area (Å²) in [5, 5.41) is 9.08. The van der Waals surface area contributed by atoms with Crippen molar-refractivity contribution in [3.8, 4) is 0 Å². The summed E-state index contributed by atoms with van der Waals surface area (Å²) in [6, 6.07) is 2.33. The lowest BCUT2D eigenvalue weighted by molar-refractivity contribution is -0.143. The minimum atomic E-state index is -0.937. The molecule has 0 spiro atoms. The molecule has 1 atom stereocenters. The van der Waals surface area contributed by atoms with Gasteiger partial charge >= 0.3 is 5.97 Å². The van der Waals surface area contributed by atoms with E-state index in [-0.39, 0.29) is 22.8 Å². The first-order valence-electron chi connectivity index (χ1n) is 6.16. The molecule has 3 N–H and O–H groups in total. The van der Waals surface area contributed by atoms with Gasteiger partial charge in [0.2, 0.25) is 0 Å². The van der Waals surface area contributed by atoms with Crippen LogP contribution >= 0.6 is 11.6 Å². The molecule has 0 saturated carbocycles. The zero-order valence-electron chi connectivity index (χ0n) is 10.6. The molecule has 1 amide bonds. The van der Waals surface area contributed by atoms with Gasteiger partial charge in [-0.25, -0.2) is 4.39 Å². The Morgan fingerprint density at radius 3 is 2.80 bits per heavy atom. The highest BCUT2D eigenvalue weighted by Crippen LogP contribution is 2.25. The Morgan fingerprint density at radius 1 is 1.45 bits per heavy atom. The fourth-order valence-corrected chi connectivity index (χ4v) is 2.50. The third kappa shape index (κ3) is 2.85. The Balaban J connectivity index is 2.25. The molecule has 0 aromatic heterocycles. The van der Waals surface area contributed by atoms with E-state index in [4.69, 9.17) is 22.4 Å². The summed E-state index contributed by atoms with van der Waals surface area (Å²) in [6.07, 6.45) is 1.12. The van der Waals surface area contributed by atoms with Gasteiger partial charge in [-0.2, -0.15) is 0 Å². The maximum atomic E-state index is 13.5. The number of aliphatic carboxylic acids is 1. The van der Waals surface area contributed by atoms with E-state index in [9.17, 15) is 14.0 Å². The van der Waals surface area contributed by atoms with Crippen molar-refractivity contribution in [3.63, 3.8) is 0 Å². The summed E-state index contributed by atoms with van der Waals surface area (Å²) >= 11 is 5.72. The molecule has 1 aromatic carbocycles. The minimum Gasteiger partial charge on any atom is -0.481 e. The molecule has 1 heterocycles. The molecule has 1 fully saturated rings. The summed E-state index contributed by atoms with van der Waals surface area (Å²) < 4.78 is 13.5. The van der Waals surface area contributed by atoms with Gasteiger partial charge in [0.1, 0.15) is 5.82 Å². The monoisotopic (exact) mass is 300 g/mol. The number of likely N-dealkylation sites (tertiary alicyclic amines) is 1. The van der Waals surface area contributed by atoms with Crippen molar-refractivity contribution in [3.05, 3.63) is 28.5 Å². The fraction of sp³-hybridized carbons (Fsp3) is 0.385. The van der Waals surface area contributed by atoms with Crippen molar-refractivity contribution >= 4 is 29.2 Å². The third-order valence-corrected chi connectivity index (χ3v) is 3.60. The lowest BCUT2D eigenvalue weighted by atomic mass is 9.97. The zero-order chi connectivity index (χ0) is 14.9. The number of hydrogen-bond donors (Lipinski definition) is 2. The highest BCUT2D eigenvalue weighted by molar-refractivity contribution is 6.31. The molecule has 5 nitrogen and oxygen atoms in total. The first-order valence-corrected chi connectivity index (χ1v) is 6.54. The minimum absolute atomic E-state index is 0.0268. The third-order valence-electron chi connectivity index (χ3n) is 3.38. The average Bonchev–Trinajstić information content (AvgIpc) is 2.42. The normalized spacial score (nSPS) is 18.9. The molecule has 20 heavy (non-hydrogen) atoms. The van der Waals surface area contributed by atoms with E-state index < -0.39 is 23.6 Å². The van der Waals surface area contributed by atoms with E-state index in [1.54, 1.807) is 0 Å². The number of amides is 1. The Bertz CT molecular complexity index is 565. The number of carboxylic acid groups (broad SMARTS) is 1. The fourth-order valence-electron chi connectivity index (χ4n) is 2.30. The SMILES string of the molecule is Nc1c(F)cc(Cl)cc1C(=O)N1CCCC(C(=O)O)C1. The number of hydrogen-bond acceptors (Lipinski definition) is 3. The van der Waals surface area contributed by atoms with Gasteiger partial charge in [-0.15, -0.1) is 0 Å². The molecule has 1 saturated heterocycles. The number of nitrogens with zero attached hydrogens (tertiary/aromatic N) is 1. The number of rotatable bonds is 2. The summed E-state index contributed by atoms with van der Waals surface area (Å²) in [7, 11) is 0. The van der Waals surface area contributed by atoms with Crippen molar-refractivity contribution in [1.29, 1.82) is 0 Å². The zero-order valence-corrected chi connectivity index (χ0v) is 11.4. The van der Waals surface area contributed by atoms with Crippen LogP contribution in [0.5, 0.6) is 0 Å².